The third kappa shape index (κ3) is 5.03. The van der Waals surface area contributed by atoms with Crippen LogP contribution < -0.4 is 10.6 Å². The zero-order valence-corrected chi connectivity index (χ0v) is 18.6. The summed E-state index contributed by atoms with van der Waals surface area (Å²) in [7, 11) is 0. The number of nitrogens with one attached hydrogen (secondary N) is 2. The fourth-order valence-corrected chi connectivity index (χ4v) is 3.88. The maximum absolute atomic E-state index is 13.8. The maximum Gasteiger partial charge on any atom is 0.200 e. The third-order valence-electron chi connectivity index (χ3n) is 4.90. The Morgan fingerprint density at radius 2 is 0.595 bits per heavy atom. The highest BCUT2D eigenvalue weighted by Gasteiger charge is 2.27. The van der Waals surface area contributed by atoms with Crippen molar-refractivity contribution in [3.05, 3.63) is 107 Å². The predicted octanol–water partition coefficient (Wildman–Crippen LogP) is 8.72. The van der Waals surface area contributed by atoms with Crippen molar-refractivity contribution < 1.29 is 43.9 Å². The molecule has 2 N–H and O–H groups in total. The molecule has 4 rings (SSSR count). The highest BCUT2D eigenvalue weighted by atomic mass is 32.2. The fourth-order valence-electron chi connectivity index (χ4n) is 3.07. The second kappa shape index (κ2) is 10.2. The first-order valence-electron chi connectivity index (χ1n) is 9.94. The summed E-state index contributed by atoms with van der Waals surface area (Å²) in [6, 6.07) is 11.2. The summed E-state index contributed by atoms with van der Waals surface area (Å²) < 4.78 is 135. The first-order chi connectivity index (χ1) is 17.5. The van der Waals surface area contributed by atoms with Gasteiger partial charge in [0.25, 0.3) is 0 Å². The van der Waals surface area contributed by atoms with E-state index in [0.717, 1.165) is 11.8 Å². The van der Waals surface area contributed by atoms with E-state index in [1.54, 1.807) is 0 Å². The average Bonchev–Trinajstić information content (AvgIpc) is 2.91. The minimum Gasteiger partial charge on any atom is -0.351 e. The number of benzene rings is 4. The quantitative estimate of drug-likeness (QED) is 0.143. The van der Waals surface area contributed by atoms with Gasteiger partial charge in [-0.05, 0) is 48.5 Å². The lowest BCUT2D eigenvalue weighted by atomic mass is 10.2. The molecule has 0 unspecified atom stereocenters. The molecule has 0 atom stereocenters. The molecule has 4 aromatic carbocycles. The molecule has 192 valence electrons. The highest BCUT2D eigenvalue weighted by molar-refractivity contribution is 7.99. The van der Waals surface area contributed by atoms with Gasteiger partial charge in [-0.2, -0.15) is 0 Å². The second-order valence-electron chi connectivity index (χ2n) is 7.29. The van der Waals surface area contributed by atoms with Crippen molar-refractivity contribution in [3.8, 4) is 0 Å². The predicted molar refractivity (Wildman–Crippen MR) is 116 cm³/mol. The molecule has 2 nitrogen and oxygen atoms in total. The summed E-state index contributed by atoms with van der Waals surface area (Å²) in [4.78, 5) is 1.15. The molecule has 0 saturated heterocycles. The Hall–Kier alpha value is -3.87. The van der Waals surface area contributed by atoms with E-state index in [9.17, 15) is 43.9 Å². The number of hydrogen-bond acceptors (Lipinski definition) is 3. The van der Waals surface area contributed by atoms with Crippen LogP contribution in [0.15, 0.2) is 58.3 Å². The molecule has 0 heterocycles. The lowest BCUT2D eigenvalue weighted by Gasteiger charge is -2.12. The van der Waals surface area contributed by atoms with Gasteiger partial charge >= 0.3 is 0 Å². The van der Waals surface area contributed by atoms with E-state index < -0.39 is 69.5 Å². The number of rotatable bonds is 6. The van der Waals surface area contributed by atoms with E-state index in [4.69, 9.17) is 0 Å². The summed E-state index contributed by atoms with van der Waals surface area (Å²) in [5, 5.41) is 4.28. The van der Waals surface area contributed by atoms with E-state index in [0.29, 0.717) is 9.79 Å². The molecule has 0 bridgehead atoms. The van der Waals surface area contributed by atoms with Gasteiger partial charge < -0.3 is 10.6 Å². The van der Waals surface area contributed by atoms with Crippen LogP contribution >= 0.6 is 11.8 Å². The van der Waals surface area contributed by atoms with Gasteiger partial charge in [-0.1, -0.05) is 11.8 Å². The van der Waals surface area contributed by atoms with Crippen molar-refractivity contribution in [2.24, 2.45) is 0 Å². The first kappa shape index (κ1) is 26.2. The van der Waals surface area contributed by atoms with Crippen molar-refractivity contribution in [2.75, 3.05) is 10.6 Å². The fraction of sp³-hybridized carbons (Fsp3) is 0. The van der Waals surface area contributed by atoms with Crippen LogP contribution in [0.5, 0.6) is 0 Å². The highest BCUT2D eigenvalue weighted by Crippen LogP contribution is 2.34. The van der Waals surface area contributed by atoms with Crippen LogP contribution in [-0.2, 0) is 0 Å². The number of anilines is 4. The minimum atomic E-state index is -2.28. The molecular weight excluding hydrogens is 538 g/mol. The Morgan fingerprint density at radius 3 is 0.865 bits per heavy atom. The van der Waals surface area contributed by atoms with Crippen molar-refractivity contribution in [2.45, 2.75) is 9.79 Å². The van der Waals surface area contributed by atoms with Gasteiger partial charge in [0, 0.05) is 21.2 Å². The van der Waals surface area contributed by atoms with Crippen molar-refractivity contribution >= 4 is 34.5 Å². The SMILES string of the molecule is Fc1c(F)c(F)c(Nc2ccc(Sc3ccc(Nc4c(F)c(F)c(F)c(F)c4F)cc3)cc2)c(F)c1F. The molecule has 0 aliphatic carbocycles. The Balaban J connectivity index is 1.47. The first-order valence-corrected chi connectivity index (χ1v) is 10.8. The zero-order chi connectivity index (χ0) is 27.0. The van der Waals surface area contributed by atoms with E-state index in [2.05, 4.69) is 10.6 Å². The summed E-state index contributed by atoms with van der Waals surface area (Å²) in [5.74, 6) is -21.0. The van der Waals surface area contributed by atoms with Crippen LogP contribution in [0.1, 0.15) is 0 Å². The molecule has 4 aromatic rings. The van der Waals surface area contributed by atoms with E-state index in [1.165, 1.54) is 48.5 Å². The van der Waals surface area contributed by atoms with E-state index in [-0.39, 0.29) is 11.4 Å². The standard InChI is InChI=1S/C24H10F10N2S/c25-13-15(27)19(31)23(20(32)16(13)28)35-9-1-5-11(6-2-9)37-12-7-3-10(4-8-12)36-24-21(33)17(29)14(26)18(30)22(24)34/h1-8,35-36H. The van der Waals surface area contributed by atoms with Gasteiger partial charge in [-0.3, -0.25) is 0 Å². The lowest BCUT2D eigenvalue weighted by Crippen LogP contribution is -2.06. The molecule has 37 heavy (non-hydrogen) atoms. The zero-order valence-electron chi connectivity index (χ0n) is 17.8. The topological polar surface area (TPSA) is 24.1 Å². The molecule has 0 spiro atoms. The van der Waals surface area contributed by atoms with Crippen molar-refractivity contribution in [3.63, 3.8) is 0 Å². The van der Waals surface area contributed by atoms with Gasteiger partial charge in [0.1, 0.15) is 11.4 Å². The van der Waals surface area contributed by atoms with Crippen LogP contribution in [0, 0.1) is 58.2 Å². The minimum absolute atomic E-state index is 0.0231. The monoisotopic (exact) mass is 548 g/mol. The van der Waals surface area contributed by atoms with Gasteiger partial charge in [-0.25, -0.2) is 43.9 Å². The summed E-state index contributed by atoms with van der Waals surface area (Å²) in [6.45, 7) is 0. The van der Waals surface area contributed by atoms with Crippen LogP contribution in [0.2, 0.25) is 0 Å². The second-order valence-corrected chi connectivity index (χ2v) is 8.44. The average molecular weight is 548 g/mol. The van der Waals surface area contributed by atoms with Gasteiger partial charge in [0.2, 0.25) is 11.6 Å². The Bertz CT molecular complexity index is 1320. The van der Waals surface area contributed by atoms with Crippen LogP contribution in [0.3, 0.4) is 0 Å². The normalized spacial score (nSPS) is 11.1. The van der Waals surface area contributed by atoms with Crippen molar-refractivity contribution in [1.82, 2.24) is 0 Å². The Labute approximate surface area is 205 Å². The summed E-state index contributed by atoms with van der Waals surface area (Å²) in [5.41, 5.74) is -2.38. The van der Waals surface area contributed by atoms with Crippen LogP contribution in [-0.4, -0.2) is 0 Å². The van der Waals surface area contributed by atoms with Gasteiger partial charge in [-0.15, -0.1) is 0 Å². The van der Waals surface area contributed by atoms with Crippen molar-refractivity contribution in [1.29, 1.82) is 0 Å². The van der Waals surface area contributed by atoms with E-state index >= 15 is 0 Å². The molecule has 13 heteroatoms. The van der Waals surface area contributed by atoms with E-state index in [1.807, 2.05) is 0 Å². The van der Waals surface area contributed by atoms with Crippen LogP contribution in [0.4, 0.5) is 66.7 Å². The molecule has 0 fully saturated rings. The van der Waals surface area contributed by atoms with Gasteiger partial charge in [0.05, 0.1) is 0 Å². The van der Waals surface area contributed by atoms with Gasteiger partial charge in [0.15, 0.2) is 46.5 Å². The number of halogens is 10. The summed E-state index contributed by atoms with van der Waals surface area (Å²) >= 11 is 1.15. The molecule has 0 aliphatic heterocycles. The number of hydrogen-bond donors (Lipinski definition) is 2. The Morgan fingerprint density at radius 1 is 0.351 bits per heavy atom. The molecular formula is C24H10F10N2S. The third-order valence-corrected chi connectivity index (χ3v) is 5.92. The van der Waals surface area contributed by atoms with Crippen LogP contribution in [0.25, 0.3) is 0 Å². The molecule has 0 amide bonds. The smallest absolute Gasteiger partial charge is 0.200 e. The molecule has 0 saturated carbocycles. The lowest BCUT2D eigenvalue weighted by molar-refractivity contribution is 0.382. The maximum atomic E-state index is 13.8. The Kier molecular flexibility index (Phi) is 7.25. The molecule has 0 aliphatic rings. The molecule has 0 aromatic heterocycles. The largest absolute Gasteiger partial charge is 0.351 e. The summed E-state index contributed by atoms with van der Waals surface area (Å²) in [6.07, 6.45) is 0. The molecule has 0 radical (unpaired) electrons.